The summed E-state index contributed by atoms with van der Waals surface area (Å²) in [6, 6.07) is 7.87. The van der Waals surface area contributed by atoms with Crippen LogP contribution in [-0.2, 0) is 9.59 Å². The van der Waals surface area contributed by atoms with Crippen molar-refractivity contribution in [2.75, 3.05) is 13.6 Å². The number of hydrogen-bond acceptors (Lipinski definition) is 4. The molecule has 2 aliphatic heterocycles. The first-order chi connectivity index (χ1) is 12.5. The van der Waals surface area contributed by atoms with Crippen molar-refractivity contribution in [1.82, 2.24) is 9.80 Å². The minimum atomic E-state index is -0.0909. The summed E-state index contributed by atoms with van der Waals surface area (Å²) < 4.78 is 0. The molecule has 4 heterocycles. The molecule has 2 aliphatic rings. The van der Waals surface area contributed by atoms with E-state index in [1.165, 1.54) is 0 Å². The van der Waals surface area contributed by atoms with Crippen molar-refractivity contribution in [2.45, 2.75) is 20.3 Å². The van der Waals surface area contributed by atoms with Crippen molar-refractivity contribution in [2.24, 2.45) is 5.92 Å². The van der Waals surface area contributed by atoms with Crippen LogP contribution in [0.2, 0.25) is 0 Å². The molecule has 2 aromatic heterocycles. The van der Waals surface area contributed by atoms with Crippen LogP contribution in [0.3, 0.4) is 0 Å². The fourth-order valence-corrected chi connectivity index (χ4v) is 5.04. The molecule has 0 fully saturated rings. The molecule has 0 spiro atoms. The zero-order chi connectivity index (χ0) is 18.4. The fraction of sp³-hybridized carbons (Fsp3) is 0.300. The second-order valence-electron chi connectivity index (χ2n) is 6.70. The molecule has 0 N–H and O–H groups in total. The Kier molecular flexibility index (Phi) is 4.32. The van der Waals surface area contributed by atoms with Gasteiger partial charge >= 0.3 is 0 Å². The smallest absolute Gasteiger partial charge is 0.261 e. The largest absolute Gasteiger partial charge is 0.309 e. The van der Waals surface area contributed by atoms with Crippen molar-refractivity contribution in [3.8, 4) is 0 Å². The molecule has 0 saturated carbocycles. The minimum absolute atomic E-state index is 0.0511. The Morgan fingerprint density at radius 1 is 0.962 bits per heavy atom. The summed E-state index contributed by atoms with van der Waals surface area (Å²) >= 11 is 3.12. The maximum atomic E-state index is 13.4. The first-order valence-corrected chi connectivity index (χ1v) is 10.5. The van der Waals surface area contributed by atoms with E-state index >= 15 is 0 Å². The topological polar surface area (TPSA) is 40.6 Å². The zero-order valence-corrected chi connectivity index (χ0v) is 16.6. The molecule has 26 heavy (non-hydrogen) atoms. The van der Waals surface area contributed by atoms with E-state index in [-0.39, 0.29) is 11.8 Å². The predicted octanol–water partition coefficient (Wildman–Crippen LogP) is 4.29. The van der Waals surface area contributed by atoms with E-state index in [0.29, 0.717) is 23.6 Å². The van der Waals surface area contributed by atoms with Crippen LogP contribution in [0, 0.1) is 5.92 Å². The van der Waals surface area contributed by atoms with E-state index in [1.807, 2.05) is 39.9 Å². The summed E-state index contributed by atoms with van der Waals surface area (Å²) in [5.41, 5.74) is 2.65. The Hall–Kier alpha value is -2.18. The van der Waals surface area contributed by atoms with Crippen LogP contribution in [0.15, 0.2) is 46.2 Å². The monoisotopic (exact) mass is 384 g/mol. The number of carbonyl (C=O) groups is 2. The summed E-state index contributed by atoms with van der Waals surface area (Å²) in [6.45, 7) is 4.89. The second-order valence-corrected chi connectivity index (χ2v) is 8.59. The Morgan fingerprint density at radius 3 is 2.08 bits per heavy atom. The molecule has 0 aliphatic carbocycles. The average molecular weight is 385 g/mol. The minimum Gasteiger partial charge on any atom is -0.309 e. The third-order valence-electron chi connectivity index (χ3n) is 5.01. The Labute approximate surface area is 161 Å². The van der Waals surface area contributed by atoms with Gasteiger partial charge in [0.15, 0.2) is 0 Å². The third kappa shape index (κ3) is 2.47. The highest BCUT2D eigenvalue weighted by atomic mass is 32.1. The first kappa shape index (κ1) is 17.2. The van der Waals surface area contributed by atoms with Crippen molar-refractivity contribution in [1.29, 1.82) is 0 Å². The SMILES string of the molecule is CCC(C)CN1C(=O)C2=C(c3cccs3)N(C)C(=O)C2=C1c1cccs1. The van der Waals surface area contributed by atoms with Gasteiger partial charge in [0.1, 0.15) is 0 Å². The molecule has 0 saturated heterocycles. The molecule has 4 nitrogen and oxygen atoms in total. The van der Waals surface area contributed by atoms with Gasteiger partial charge in [-0.3, -0.25) is 9.59 Å². The van der Waals surface area contributed by atoms with E-state index in [0.717, 1.165) is 27.6 Å². The lowest BCUT2D eigenvalue weighted by Crippen LogP contribution is -2.31. The molecular formula is C20H20N2O2S2. The van der Waals surface area contributed by atoms with Gasteiger partial charge in [0.2, 0.25) is 0 Å². The van der Waals surface area contributed by atoms with Crippen LogP contribution in [0.25, 0.3) is 11.4 Å². The van der Waals surface area contributed by atoms with Crippen molar-refractivity contribution in [3.05, 3.63) is 55.9 Å². The molecule has 4 rings (SSSR count). The van der Waals surface area contributed by atoms with Crippen LogP contribution in [-0.4, -0.2) is 35.2 Å². The van der Waals surface area contributed by atoms with E-state index in [9.17, 15) is 9.59 Å². The number of carbonyl (C=O) groups excluding carboxylic acids is 2. The number of hydrogen-bond donors (Lipinski definition) is 0. The number of thiophene rings is 2. The predicted molar refractivity (Wildman–Crippen MR) is 106 cm³/mol. The number of likely N-dealkylation sites (N-methyl/N-ethyl adjacent to an activating group) is 1. The van der Waals surface area contributed by atoms with E-state index in [4.69, 9.17) is 0 Å². The van der Waals surface area contributed by atoms with Gasteiger partial charge in [0, 0.05) is 13.6 Å². The summed E-state index contributed by atoms with van der Waals surface area (Å²) in [5, 5.41) is 3.96. The summed E-state index contributed by atoms with van der Waals surface area (Å²) in [7, 11) is 1.76. The average Bonchev–Trinajstić information content (AvgIpc) is 3.40. The second kappa shape index (κ2) is 6.52. The number of amides is 2. The molecule has 2 amide bonds. The van der Waals surface area contributed by atoms with Gasteiger partial charge in [-0.2, -0.15) is 0 Å². The van der Waals surface area contributed by atoms with Gasteiger partial charge in [0.25, 0.3) is 11.8 Å². The van der Waals surface area contributed by atoms with Gasteiger partial charge in [-0.05, 0) is 28.8 Å². The Bertz CT molecular complexity index is 923. The zero-order valence-electron chi connectivity index (χ0n) is 15.0. The molecule has 1 unspecified atom stereocenters. The van der Waals surface area contributed by atoms with Crippen LogP contribution in [0.5, 0.6) is 0 Å². The van der Waals surface area contributed by atoms with Crippen LogP contribution in [0.4, 0.5) is 0 Å². The van der Waals surface area contributed by atoms with Crippen molar-refractivity contribution >= 4 is 45.9 Å². The lowest BCUT2D eigenvalue weighted by atomic mass is 10.1. The highest BCUT2D eigenvalue weighted by Gasteiger charge is 2.48. The van der Waals surface area contributed by atoms with E-state index in [1.54, 1.807) is 34.6 Å². The third-order valence-corrected chi connectivity index (χ3v) is 6.76. The van der Waals surface area contributed by atoms with Crippen molar-refractivity contribution in [3.63, 3.8) is 0 Å². The first-order valence-electron chi connectivity index (χ1n) is 8.71. The van der Waals surface area contributed by atoms with Crippen molar-refractivity contribution < 1.29 is 9.59 Å². The quantitative estimate of drug-likeness (QED) is 0.771. The summed E-state index contributed by atoms with van der Waals surface area (Å²) in [6.07, 6.45) is 0.988. The molecule has 0 bridgehead atoms. The van der Waals surface area contributed by atoms with Crippen LogP contribution >= 0.6 is 22.7 Å². The number of nitrogens with zero attached hydrogens (tertiary/aromatic N) is 2. The molecule has 1 atom stereocenters. The Morgan fingerprint density at radius 2 is 1.54 bits per heavy atom. The maximum absolute atomic E-state index is 13.4. The lowest BCUT2D eigenvalue weighted by molar-refractivity contribution is -0.124. The summed E-state index contributed by atoms with van der Waals surface area (Å²) in [4.78, 5) is 31.9. The molecular weight excluding hydrogens is 364 g/mol. The summed E-state index contributed by atoms with van der Waals surface area (Å²) in [5.74, 6) is 0.226. The van der Waals surface area contributed by atoms with E-state index in [2.05, 4.69) is 13.8 Å². The van der Waals surface area contributed by atoms with Gasteiger partial charge in [-0.1, -0.05) is 32.4 Å². The number of rotatable bonds is 5. The molecule has 0 radical (unpaired) electrons. The molecule has 0 aromatic carbocycles. The highest BCUT2D eigenvalue weighted by Crippen LogP contribution is 2.47. The standard InChI is InChI=1S/C20H20N2O2S2/c1-4-12(2)11-22-18(14-8-6-10-26-14)16-15(20(22)24)17(21(3)19(16)23)13-7-5-9-25-13/h5-10,12H,4,11H2,1-3H3. The van der Waals surface area contributed by atoms with Crippen LogP contribution < -0.4 is 0 Å². The fourth-order valence-electron chi connectivity index (χ4n) is 3.45. The van der Waals surface area contributed by atoms with Gasteiger partial charge in [0.05, 0.1) is 32.3 Å². The van der Waals surface area contributed by atoms with Gasteiger partial charge < -0.3 is 9.80 Å². The van der Waals surface area contributed by atoms with E-state index < -0.39 is 0 Å². The molecule has 6 heteroatoms. The molecule has 2 aromatic rings. The Balaban J connectivity index is 1.94. The highest BCUT2D eigenvalue weighted by molar-refractivity contribution is 7.11. The van der Waals surface area contributed by atoms with Crippen LogP contribution in [0.1, 0.15) is 30.0 Å². The number of fused-ring (bicyclic) bond motifs is 1. The normalized spacial score (nSPS) is 18.4. The molecule has 134 valence electrons. The van der Waals surface area contributed by atoms with Gasteiger partial charge in [-0.15, -0.1) is 22.7 Å². The van der Waals surface area contributed by atoms with Gasteiger partial charge in [-0.25, -0.2) is 0 Å². The maximum Gasteiger partial charge on any atom is 0.261 e. The lowest BCUT2D eigenvalue weighted by Gasteiger charge is -2.24.